The van der Waals surface area contributed by atoms with Crippen molar-refractivity contribution in [1.29, 1.82) is 0 Å². The number of likely N-dealkylation sites (N-methyl/N-ethyl adjacent to an activating group) is 1. The van der Waals surface area contributed by atoms with Gasteiger partial charge in [-0.05, 0) is 38.3 Å². The highest BCUT2D eigenvalue weighted by Crippen LogP contribution is 2.31. The van der Waals surface area contributed by atoms with Gasteiger partial charge in [0.2, 0.25) is 5.91 Å². The molecule has 0 unspecified atom stereocenters. The molecule has 4 nitrogen and oxygen atoms in total. The topological polar surface area (TPSA) is 45.5 Å². The van der Waals surface area contributed by atoms with E-state index < -0.39 is 0 Å². The molecule has 0 saturated heterocycles. The predicted molar refractivity (Wildman–Crippen MR) is 78.1 cm³/mol. The molecule has 0 aromatic carbocycles. The van der Waals surface area contributed by atoms with Gasteiger partial charge in [0.05, 0.1) is 19.4 Å². The van der Waals surface area contributed by atoms with E-state index in [1.165, 1.54) is 19.3 Å². The molecule has 1 amide bonds. The number of carbonyl (C=O) groups is 1. The van der Waals surface area contributed by atoms with E-state index in [-0.39, 0.29) is 5.91 Å². The smallest absolute Gasteiger partial charge is 0.234 e. The summed E-state index contributed by atoms with van der Waals surface area (Å²) in [5.41, 5.74) is 0. The van der Waals surface area contributed by atoms with Crippen LogP contribution in [0.25, 0.3) is 0 Å². The molecule has 2 atom stereocenters. The number of carbonyl (C=O) groups excluding carboxylic acids is 1. The summed E-state index contributed by atoms with van der Waals surface area (Å²) in [4.78, 5) is 14.1. The Bertz CT molecular complexity index is 394. The van der Waals surface area contributed by atoms with Gasteiger partial charge in [0, 0.05) is 11.3 Å². The van der Waals surface area contributed by atoms with Gasteiger partial charge in [0.25, 0.3) is 0 Å². The van der Waals surface area contributed by atoms with E-state index >= 15 is 0 Å². The van der Waals surface area contributed by atoms with Gasteiger partial charge in [-0.25, -0.2) is 0 Å². The zero-order valence-corrected chi connectivity index (χ0v) is 12.4. The zero-order chi connectivity index (χ0) is 13.7. The van der Waals surface area contributed by atoms with Gasteiger partial charge in [-0.1, -0.05) is 6.42 Å². The molecule has 1 saturated carbocycles. The van der Waals surface area contributed by atoms with Crippen LogP contribution >= 0.6 is 11.8 Å². The second-order valence-electron chi connectivity index (χ2n) is 5.04. The van der Waals surface area contributed by atoms with Crippen LogP contribution in [0.15, 0.2) is 22.8 Å². The van der Waals surface area contributed by atoms with Crippen LogP contribution in [0.4, 0.5) is 0 Å². The fraction of sp³-hybridized carbons (Fsp3) is 0.643. The molecule has 0 bridgehead atoms. The minimum Gasteiger partial charge on any atom is -0.467 e. The Morgan fingerprint density at radius 3 is 3.11 bits per heavy atom. The van der Waals surface area contributed by atoms with Crippen molar-refractivity contribution in [1.82, 2.24) is 10.2 Å². The highest BCUT2D eigenvalue weighted by atomic mass is 32.2. The summed E-state index contributed by atoms with van der Waals surface area (Å²) in [6, 6.07) is 4.23. The zero-order valence-electron chi connectivity index (χ0n) is 11.6. The van der Waals surface area contributed by atoms with Crippen molar-refractivity contribution in [3.63, 3.8) is 0 Å². The molecule has 1 fully saturated rings. The Balaban J connectivity index is 1.75. The van der Waals surface area contributed by atoms with Gasteiger partial charge in [-0.3, -0.25) is 9.69 Å². The van der Waals surface area contributed by atoms with Gasteiger partial charge in [-0.2, -0.15) is 11.8 Å². The molecule has 5 heteroatoms. The minimum absolute atomic E-state index is 0.0608. The standard InChI is InChI=1S/C14H22N2O2S/c1-16(12-6-3-7-13(12)19-2)10-14(17)15-9-11-5-4-8-18-11/h4-5,8,12-13H,3,6-7,9-10H2,1-2H3,(H,15,17)/t12-,13-/m0/s1. The highest BCUT2D eigenvalue weighted by Gasteiger charge is 2.30. The molecule has 0 aliphatic heterocycles. The fourth-order valence-electron chi connectivity index (χ4n) is 2.68. The number of nitrogens with zero attached hydrogens (tertiary/aromatic N) is 1. The Morgan fingerprint density at radius 2 is 2.42 bits per heavy atom. The van der Waals surface area contributed by atoms with E-state index in [0.717, 1.165) is 5.76 Å². The minimum atomic E-state index is 0.0608. The summed E-state index contributed by atoms with van der Waals surface area (Å²) in [6.45, 7) is 0.929. The molecule has 0 radical (unpaired) electrons. The van der Waals surface area contributed by atoms with Crippen LogP contribution in [0.1, 0.15) is 25.0 Å². The average Bonchev–Trinajstić information content (AvgIpc) is 3.07. The molecule has 106 valence electrons. The second-order valence-corrected chi connectivity index (χ2v) is 6.12. The summed E-state index contributed by atoms with van der Waals surface area (Å²) in [5, 5.41) is 3.56. The summed E-state index contributed by atoms with van der Waals surface area (Å²) in [5.74, 6) is 0.851. The molecular formula is C14H22N2O2S. The first kappa shape index (κ1) is 14.5. The third kappa shape index (κ3) is 4.01. The number of furan rings is 1. The van der Waals surface area contributed by atoms with Crippen LogP contribution in [-0.2, 0) is 11.3 Å². The number of amides is 1. The van der Waals surface area contributed by atoms with Crippen LogP contribution in [0.3, 0.4) is 0 Å². The van der Waals surface area contributed by atoms with E-state index in [9.17, 15) is 4.79 Å². The normalized spacial score (nSPS) is 22.9. The van der Waals surface area contributed by atoms with Crippen LogP contribution < -0.4 is 5.32 Å². The first-order valence-electron chi connectivity index (χ1n) is 6.73. The van der Waals surface area contributed by atoms with Gasteiger partial charge in [0.15, 0.2) is 0 Å². The number of hydrogen-bond donors (Lipinski definition) is 1. The van der Waals surface area contributed by atoms with Crippen LogP contribution in [0.2, 0.25) is 0 Å². The molecule has 2 rings (SSSR count). The quantitative estimate of drug-likeness (QED) is 0.868. The summed E-state index contributed by atoms with van der Waals surface area (Å²) in [7, 11) is 2.05. The van der Waals surface area contributed by atoms with E-state index in [2.05, 4.69) is 16.5 Å². The summed E-state index contributed by atoms with van der Waals surface area (Å²) < 4.78 is 5.19. The van der Waals surface area contributed by atoms with E-state index in [1.807, 2.05) is 30.9 Å². The highest BCUT2D eigenvalue weighted by molar-refractivity contribution is 7.99. The molecule has 1 N–H and O–H groups in total. The molecule has 19 heavy (non-hydrogen) atoms. The molecule has 1 aromatic rings. The fourth-order valence-corrected chi connectivity index (χ4v) is 3.74. The van der Waals surface area contributed by atoms with E-state index in [0.29, 0.717) is 24.4 Å². The van der Waals surface area contributed by atoms with Gasteiger partial charge < -0.3 is 9.73 Å². The first-order valence-corrected chi connectivity index (χ1v) is 8.01. The van der Waals surface area contributed by atoms with Crippen molar-refractivity contribution in [3.05, 3.63) is 24.2 Å². The lowest BCUT2D eigenvalue weighted by Crippen LogP contribution is -2.42. The number of rotatable bonds is 6. The number of nitrogens with one attached hydrogen (secondary N) is 1. The maximum absolute atomic E-state index is 11.9. The molecule has 0 spiro atoms. The SMILES string of the molecule is CS[C@H]1CCC[C@@H]1N(C)CC(=O)NCc1ccco1. The van der Waals surface area contributed by atoms with Crippen molar-refractivity contribution in [3.8, 4) is 0 Å². The van der Waals surface area contributed by atoms with Crippen molar-refractivity contribution in [2.45, 2.75) is 37.1 Å². The molecule has 1 aromatic heterocycles. The molecule has 1 heterocycles. The Hall–Kier alpha value is -0.940. The maximum Gasteiger partial charge on any atom is 0.234 e. The third-order valence-corrected chi connectivity index (χ3v) is 4.87. The number of hydrogen-bond acceptors (Lipinski definition) is 4. The van der Waals surface area contributed by atoms with Crippen molar-refractivity contribution >= 4 is 17.7 Å². The Kier molecular flexibility index (Phi) is 5.34. The lowest BCUT2D eigenvalue weighted by Gasteiger charge is -2.28. The van der Waals surface area contributed by atoms with Crippen molar-refractivity contribution in [2.75, 3.05) is 19.8 Å². The summed E-state index contributed by atoms with van der Waals surface area (Å²) in [6.07, 6.45) is 7.52. The van der Waals surface area contributed by atoms with Crippen LogP contribution in [0, 0.1) is 0 Å². The first-order chi connectivity index (χ1) is 9.20. The van der Waals surface area contributed by atoms with Gasteiger partial charge in [-0.15, -0.1) is 0 Å². The second kappa shape index (κ2) is 7.01. The number of thioether (sulfide) groups is 1. The predicted octanol–water partition coefficient (Wildman–Crippen LogP) is 2.11. The van der Waals surface area contributed by atoms with E-state index in [1.54, 1.807) is 6.26 Å². The monoisotopic (exact) mass is 282 g/mol. The van der Waals surface area contributed by atoms with E-state index in [4.69, 9.17) is 4.42 Å². The molecular weight excluding hydrogens is 260 g/mol. The van der Waals surface area contributed by atoms with Crippen LogP contribution in [0.5, 0.6) is 0 Å². The lowest BCUT2D eigenvalue weighted by atomic mass is 10.2. The lowest BCUT2D eigenvalue weighted by molar-refractivity contribution is -0.122. The maximum atomic E-state index is 11.9. The summed E-state index contributed by atoms with van der Waals surface area (Å²) >= 11 is 1.92. The Morgan fingerprint density at radius 1 is 1.58 bits per heavy atom. The van der Waals surface area contributed by atoms with Gasteiger partial charge >= 0.3 is 0 Å². The van der Waals surface area contributed by atoms with Crippen molar-refractivity contribution < 1.29 is 9.21 Å². The molecule has 1 aliphatic carbocycles. The Labute approximate surface area is 118 Å². The average molecular weight is 282 g/mol. The third-order valence-electron chi connectivity index (χ3n) is 3.72. The van der Waals surface area contributed by atoms with Crippen molar-refractivity contribution in [2.24, 2.45) is 0 Å². The van der Waals surface area contributed by atoms with Crippen LogP contribution in [-0.4, -0.2) is 41.9 Å². The van der Waals surface area contributed by atoms with Gasteiger partial charge in [0.1, 0.15) is 5.76 Å². The molecule has 1 aliphatic rings. The largest absolute Gasteiger partial charge is 0.467 e.